The summed E-state index contributed by atoms with van der Waals surface area (Å²) in [5.41, 5.74) is 0.827. The first-order chi connectivity index (χ1) is 19.5. The minimum Gasteiger partial charge on any atom is -0.341 e. The lowest BCUT2D eigenvalue weighted by atomic mass is 9.97. The number of rotatable bonds is 6. The van der Waals surface area contributed by atoms with Crippen LogP contribution in [0.15, 0.2) is 103 Å². The lowest BCUT2D eigenvalue weighted by molar-refractivity contribution is -0.137. The number of halogens is 3. The van der Waals surface area contributed by atoms with E-state index in [1.165, 1.54) is 12.1 Å². The molecule has 2 amide bonds. The van der Waals surface area contributed by atoms with Gasteiger partial charge in [0.15, 0.2) is 0 Å². The molecule has 0 saturated carbocycles. The van der Waals surface area contributed by atoms with Crippen molar-refractivity contribution in [3.8, 4) is 11.1 Å². The normalized spacial score (nSPS) is 11.7. The number of hydrogen-bond acceptors (Lipinski definition) is 4. The van der Waals surface area contributed by atoms with Gasteiger partial charge in [-0.1, -0.05) is 54.6 Å². The van der Waals surface area contributed by atoms with E-state index in [1.54, 1.807) is 60.8 Å². The maximum Gasteiger partial charge on any atom is 0.416 e. The Balaban J connectivity index is 1.50. The molecule has 0 bridgehead atoms. The Labute approximate surface area is 234 Å². The Kier molecular flexibility index (Phi) is 7.28. The van der Waals surface area contributed by atoms with Crippen molar-refractivity contribution in [3.63, 3.8) is 0 Å². The summed E-state index contributed by atoms with van der Waals surface area (Å²) in [7, 11) is 0. The molecule has 6 nitrogen and oxygen atoms in total. The van der Waals surface area contributed by atoms with Gasteiger partial charge in [0.05, 0.1) is 27.9 Å². The highest BCUT2D eigenvalue weighted by Gasteiger charge is 2.30. The average Bonchev–Trinajstić information content (AvgIpc) is 2.96. The quantitative estimate of drug-likeness (QED) is 0.232. The molecule has 2 heterocycles. The smallest absolute Gasteiger partial charge is 0.341 e. The number of anilines is 1. The average molecular weight is 555 g/mol. The van der Waals surface area contributed by atoms with Crippen molar-refractivity contribution in [1.82, 2.24) is 15.3 Å². The minimum atomic E-state index is -4.47. The van der Waals surface area contributed by atoms with Crippen LogP contribution in [0.1, 0.15) is 45.8 Å². The van der Waals surface area contributed by atoms with Crippen LogP contribution in [-0.2, 0) is 11.7 Å². The van der Waals surface area contributed by atoms with Crippen LogP contribution in [0.25, 0.3) is 22.0 Å². The number of amides is 2. The zero-order valence-corrected chi connectivity index (χ0v) is 22.2. The van der Waals surface area contributed by atoms with Crippen molar-refractivity contribution in [2.24, 2.45) is 0 Å². The lowest BCUT2D eigenvalue weighted by Gasteiger charge is -2.26. The number of benzene rings is 3. The van der Waals surface area contributed by atoms with Crippen molar-refractivity contribution in [3.05, 3.63) is 126 Å². The predicted octanol–water partition coefficient (Wildman–Crippen LogP) is 7.23. The second-order valence-corrected chi connectivity index (χ2v) is 9.95. The highest BCUT2D eigenvalue weighted by Crippen LogP contribution is 2.32. The number of nitrogens with zero attached hydrogens (tertiary/aromatic N) is 2. The number of carbonyl (C=O) groups is 2. The van der Waals surface area contributed by atoms with E-state index in [1.807, 2.05) is 32.0 Å². The summed E-state index contributed by atoms with van der Waals surface area (Å²) in [6.07, 6.45) is -2.83. The van der Waals surface area contributed by atoms with E-state index in [0.717, 1.165) is 12.1 Å². The molecule has 0 aliphatic carbocycles. The predicted molar refractivity (Wildman–Crippen MR) is 151 cm³/mol. The number of para-hydroxylation sites is 1. The third-order valence-corrected chi connectivity index (χ3v) is 6.63. The molecule has 0 aliphatic rings. The highest BCUT2D eigenvalue weighted by molar-refractivity contribution is 6.12. The number of hydrogen-bond donors (Lipinski definition) is 2. The van der Waals surface area contributed by atoms with Crippen molar-refractivity contribution < 1.29 is 22.8 Å². The molecule has 206 valence electrons. The van der Waals surface area contributed by atoms with Crippen molar-refractivity contribution in [1.29, 1.82) is 0 Å². The van der Waals surface area contributed by atoms with Gasteiger partial charge in [-0.2, -0.15) is 13.2 Å². The maximum absolute atomic E-state index is 13.6. The van der Waals surface area contributed by atoms with E-state index < -0.39 is 29.1 Å². The molecule has 5 rings (SSSR count). The summed E-state index contributed by atoms with van der Waals surface area (Å²) in [6, 6.07) is 25.4. The standard InChI is InChI=1S/C32H25F3N4O2/c1-31(2,27-13-7-8-18-36-27)39-30(41)25-19-21-9-3-6-12-26(21)37-28(25)38-29(40)24-11-5-4-10-23(24)20-14-16-22(17-15-20)32(33,34)35/h3-19H,1-2H3,(H,39,41)(H,37,38,40). The number of fused-ring (bicyclic) bond motifs is 1. The molecule has 0 radical (unpaired) electrons. The second-order valence-electron chi connectivity index (χ2n) is 9.95. The number of pyridine rings is 2. The maximum atomic E-state index is 13.6. The first kappa shape index (κ1) is 27.5. The molecule has 0 spiro atoms. The largest absolute Gasteiger partial charge is 0.416 e. The van der Waals surface area contributed by atoms with E-state index in [4.69, 9.17) is 0 Å². The first-order valence-corrected chi connectivity index (χ1v) is 12.7. The fourth-order valence-corrected chi connectivity index (χ4v) is 4.48. The Morgan fingerprint density at radius 2 is 1.44 bits per heavy atom. The molecule has 0 atom stereocenters. The minimum absolute atomic E-state index is 0.0465. The number of nitrogens with one attached hydrogen (secondary N) is 2. The molecule has 5 aromatic rings. The van der Waals surface area contributed by atoms with Crippen LogP contribution in [-0.4, -0.2) is 21.8 Å². The van der Waals surface area contributed by atoms with Crippen LogP contribution in [0.5, 0.6) is 0 Å². The summed E-state index contributed by atoms with van der Waals surface area (Å²) in [6.45, 7) is 3.64. The van der Waals surface area contributed by atoms with Gasteiger partial charge in [0.2, 0.25) is 0 Å². The first-order valence-electron chi connectivity index (χ1n) is 12.7. The Hall–Kier alpha value is -5.05. The molecular formula is C32H25F3N4O2. The summed E-state index contributed by atoms with van der Waals surface area (Å²) < 4.78 is 39.2. The van der Waals surface area contributed by atoms with Crippen LogP contribution in [0.4, 0.5) is 19.0 Å². The fourth-order valence-electron chi connectivity index (χ4n) is 4.48. The zero-order valence-electron chi connectivity index (χ0n) is 22.2. The number of alkyl halides is 3. The molecule has 2 N–H and O–H groups in total. The summed E-state index contributed by atoms with van der Waals surface area (Å²) >= 11 is 0. The van der Waals surface area contributed by atoms with E-state index >= 15 is 0 Å². The van der Waals surface area contributed by atoms with Crippen LogP contribution < -0.4 is 10.6 Å². The zero-order chi connectivity index (χ0) is 29.2. The molecule has 3 aromatic carbocycles. The number of aromatic nitrogens is 2. The summed E-state index contributed by atoms with van der Waals surface area (Å²) in [4.78, 5) is 36.1. The van der Waals surface area contributed by atoms with Gasteiger partial charge < -0.3 is 10.6 Å². The van der Waals surface area contributed by atoms with Gasteiger partial charge in [0.25, 0.3) is 11.8 Å². The van der Waals surface area contributed by atoms with Crippen LogP contribution in [0.3, 0.4) is 0 Å². The summed E-state index contributed by atoms with van der Waals surface area (Å²) in [5, 5.41) is 6.45. The van der Waals surface area contributed by atoms with Crippen LogP contribution in [0, 0.1) is 0 Å². The molecule has 41 heavy (non-hydrogen) atoms. The van der Waals surface area contributed by atoms with Gasteiger partial charge >= 0.3 is 6.18 Å². The van der Waals surface area contributed by atoms with E-state index in [-0.39, 0.29) is 16.9 Å². The van der Waals surface area contributed by atoms with E-state index in [0.29, 0.717) is 27.7 Å². The third kappa shape index (κ3) is 5.94. The molecule has 0 fully saturated rings. The van der Waals surface area contributed by atoms with Crippen molar-refractivity contribution in [2.75, 3.05) is 5.32 Å². The van der Waals surface area contributed by atoms with Gasteiger partial charge in [-0.15, -0.1) is 0 Å². The Morgan fingerprint density at radius 1 is 0.756 bits per heavy atom. The van der Waals surface area contributed by atoms with Gasteiger partial charge in [0.1, 0.15) is 5.82 Å². The third-order valence-electron chi connectivity index (χ3n) is 6.63. The molecule has 9 heteroatoms. The molecule has 0 saturated heterocycles. The van der Waals surface area contributed by atoms with Gasteiger partial charge in [0, 0.05) is 17.1 Å². The Morgan fingerprint density at radius 3 is 2.15 bits per heavy atom. The SMILES string of the molecule is CC(C)(NC(=O)c1cc2ccccc2nc1NC(=O)c1ccccc1-c1ccc(C(F)(F)F)cc1)c1ccccn1. The van der Waals surface area contributed by atoms with Crippen LogP contribution >= 0.6 is 0 Å². The highest BCUT2D eigenvalue weighted by atomic mass is 19.4. The van der Waals surface area contributed by atoms with Gasteiger partial charge in [-0.05, 0) is 67.4 Å². The molecule has 2 aromatic heterocycles. The number of carbonyl (C=O) groups excluding carboxylic acids is 2. The van der Waals surface area contributed by atoms with Crippen molar-refractivity contribution >= 4 is 28.5 Å². The van der Waals surface area contributed by atoms with Gasteiger partial charge in [-0.25, -0.2) is 4.98 Å². The summed E-state index contributed by atoms with van der Waals surface area (Å²) in [5.74, 6) is -0.989. The monoisotopic (exact) mass is 554 g/mol. The van der Waals surface area contributed by atoms with Gasteiger partial charge in [-0.3, -0.25) is 14.6 Å². The van der Waals surface area contributed by atoms with E-state index in [9.17, 15) is 22.8 Å². The molecule has 0 unspecified atom stereocenters. The molecule has 0 aliphatic heterocycles. The van der Waals surface area contributed by atoms with Crippen LogP contribution in [0.2, 0.25) is 0 Å². The topological polar surface area (TPSA) is 84.0 Å². The fraction of sp³-hybridized carbons (Fsp3) is 0.125. The van der Waals surface area contributed by atoms with E-state index in [2.05, 4.69) is 20.6 Å². The lowest BCUT2D eigenvalue weighted by Crippen LogP contribution is -2.42. The Bertz CT molecular complexity index is 1730. The van der Waals surface area contributed by atoms with Crippen molar-refractivity contribution in [2.45, 2.75) is 25.6 Å². The second kappa shape index (κ2) is 10.8. The molecular weight excluding hydrogens is 529 g/mol.